The highest BCUT2D eigenvalue weighted by molar-refractivity contribution is 5.40. The van der Waals surface area contributed by atoms with Crippen LogP contribution in [-0.2, 0) is 11.3 Å². The molecule has 0 atom stereocenters. The standard InChI is InChI=1S/C12H19N3O/c1-9(2)7-15(4)12-6-10(3)13-11(14-12)8-16-5/h6H,1,7-8H2,2-5H3. The van der Waals surface area contributed by atoms with Crippen molar-refractivity contribution in [2.24, 2.45) is 0 Å². The average Bonchev–Trinajstić information content (AvgIpc) is 2.16. The third kappa shape index (κ3) is 3.62. The predicted octanol–water partition coefficient (Wildman–Crippen LogP) is 1.94. The molecule has 4 nitrogen and oxygen atoms in total. The van der Waals surface area contributed by atoms with Crippen LogP contribution in [0.1, 0.15) is 18.4 Å². The normalized spacial score (nSPS) is 10.2. The van der Waals surface area contributed by atoms with Crippen molar-refractivity contribution < 1.29 is 4.74 Å². The Morgan fingerprint density at radius 1 is 1.50 bits per heavy atom. The van der Waals surface area contributed by atoms with Crippen LogP contribution in [0.4, 0.5) is 5.82 Å². The number of likely N-dealkylation sites (N-methyl/N-ethyl adjacent to an activating group) is 1. The third-order valence-electron chi connectivity index (χ3n) is 2.06. The van der Waals surface area contributed by atoms with Crippen LogP contribution in [0.2, 0.25) is 0 Å². The highest BCUT2D eigenvalue weighted by Gasteiger charge is 2.06. The molecule has 0 aliphatic heterocycles. The van der Waals surface area contributed by atoms with Crippen LogP contribution in [0.5, 0.6) is 0 Å². The fourth-order valence-corrected chi connectivity index (χ4v) is 1.49. The number of ether oxygens (including phenoxy) is 1. The van der Waals surface area contributed by atoms with Gasteiger partial charge in [0.1, 0.15) is 12.4 Å². The molecule has 0 aliphatic carbocycles. The van der Waals surface area contributed by atoms with Crippen molar-refractivity contribution in [1.82, 2.24) is 9.97 Å². The lowest BCUT2D eigenvalue weighted by Crippen LogP contribution is -2.21. The van der Waals surface area contributed by atoms with E-state index >= 15 is 0 Å². The van der Waals surface area contributed by atoms with Crippen molar-refractivity contribution in [2.45, 2.75) is 20.5 Å². The van der Waals surface area contributed by atoms with Gasteiger partial charge < -0.3 is 9.64 Å². The molecule has 1 aromatic heterocycles. The van der Waals surface area contributed by atoms with Crippen molar-refractivity contribution in [1.29, 1.82) is 0 Å². The van der Waals surface area contributed by atoms with E-state index in [9.17, 15) is 0 Å². The van der Waals surface area contributed by atoms with Crippen molar-refractivity contribution in [3.63, 3.8) is 0 Å². The molecule has 4 heteroatoms. The highest BCUT2D eigenvalue weighted by atomic mass is 16.5. The molecule has 0 spiro atoms. The first-order valence-corrected chi connectivity index (χ1v) is 5.22. The molecule has 0 saturated carbocycles. The lowest BCUT2D eigenvalue weighted by Gasteiger charge is -2.19. The molecule has 0 N–H and O–H groups in total. The van der Waals surface area contributed by atoms with Crippen LogP contribution in [0.15, 0.2) is 18.2 Å². The molecular formula is C12H19N3O. The molecule has 1 heterocycles. The summed E-state index contributed by atoms with van der Waals surface area (Å²) in [5, 5.41) is 0. The van der Waals surface area contributed by atoms with Crippen molar-refractivity contribution >= 4 is 5.82 Å². The lowest BCUT2D eigenvalue weighted by molar-refractivity contribution is 0.177. The van der Waals surface area contributed by atoms with E-state index in [2.05, 4.69) is 21.4 Å². The molecule has 16 heavy (non-hydrogen) atoms. The van der Waals surface area contributed by atoms with Crippen LogP contribution in [-0.4, -0.2) is 30.7 Å². The number of hydrogen-bond donors (Lipinski definition) is 0. The molecule has 0 fully saturated rings. The first kappa shape index (κ1) is 12.6. The molecule has 1 aromatic rings. The Morgan fingerprint density at radius 2 is 2.19 bits per heavy atom. The quantitative estimate of drug-likeness (QED) is 0.712. The second-order valence-electron chi connectivity index (χ2n) is 4.03. The van der Waals surface area contributed by atoms with Gasteiger partial charge in [-0.3, -0.25) is 0 Å². The molecule has 0 saturated heterocycles. The fraction of sp³-hybridized carbons (Fsp3) is 0.500. The van der Waals surface area contributed by atoms with Gasteiger partial charge in [-0.15, -0.1) is 0 Å². The summed E-state index contributed by atoms with van der Waals surface area (Å²) in [5.41, 5.74) is 2.05. The van der Waals surface area contributed by atoms with E-state index in [4.69, 9.17) is 4.74 Å². The number of rotatable bonds is 5. The predicted molar refractivity (Wildman–Crippen MR) is 65.6 cm³/mol. The Hall–Kier alpha value is -1.42. The van der Waals surface area contributed by atoms with Gasteiger partial charge in [0.25, 0.3) is 0 Å². The van der Waals surface area contributed by atoms with Gasteiger partial charge in [-0.25, -0.2) is 9.97 Å². The lowest BCUT2D eigenvalue weighted by atomic mass is 10.3. The Labute approximate surface area is 97.0 Å². The van der Waals surface area contributed by atoms with Crippen LogP contribution in [0.3, 0.4) is 0 Å². The minimum atomic E-state index is 0.440. The number of nitrogens with zero attached hydrogens (tertiary/aromatic N) is 3. The number of methoxy groups -OCH3 is 1. The fourth-order valence-electron chi connectivity index (χ4n) is 1.49. The maximum atomic E-state index is 5.04. The number of aromatic nitrogens is 2. The highest BCUT2D eigenvalue weighted by Crippen LogP contribution is 2.12. The Morgan fingerprint density at radius 3 is 2.75 bits per heavy atom. The number of hydrogen-bond acceptors (Lipinski definition) is 4. The molecule has 0 aliphatic rings. The second kappa shape index (κ2) is 5.61. The molecule has 88 valence electrons. The van der Waals surface area contributed by atoms with Crippen molar-refractivity contribution in [3.05, 3.63) is 29.7 Å². The Balaban J connectivity index is 2.90. The van der Waals surface area contributed by atoms with Gasteiger partial charge in [-0.05, 0) is 13.8 Å². The summed E-state index contributed by atoms with van der Waals surface area (Å²) in [6.07, 6.45) is 0. The van der Waals surface area contributed by atoms with E-state index in [0.29, 0.717) is 12.4 Å². The largest absolute Gasteiger partial charge is 0.377 e. The molecule has 0 amide bonds. The maximum Gasteiger partial charge on any atom is 0.156 e. The summed E-state index contributed by atoms with van der Waals surface area (Å²) in [5.74, 6) is 1.62. The van der Waals surface area contributed by atoms with Gasteiger partial charge in [-0.2, -0.15) is 0 Å². The monoisotopic (exact) mass is 221 g/mol. The molecule has 0 bridgehead atoms. The first-order chi connectivity index (χ1) is 7.52. The average molecular weight is 221 g/mol. The minimum Gasteiger partial charge on any atom is -0.377 e. The SMILES string of the molecule is C=C(C)CN(C)c1cc(C)nc(COC)n1. The van der Waals surface area contributed by atoms with Crippen molar-refractivity contribution in [2.75, 3.05) is 25.6 Å². The summed E-state index contributed by atoms with van der Waals surface area (Å²) in [6.45, 7) is 9.08. The van der Waals surface area contributed by atoms with E-state index < -0.39 is 0 Å². The molecule has 0 radical (unpaired) electrons. The first-order valence-electron chi connectivity index (χ1n) is 5.22. The molecule has 0 unspecified atom stereocenters. The number of aryl methyl sites for hydroxylation is 1. The van der Waals surface area contributed by atoms with Crippen molar-refractivity contribution in [3.8, 4) is 0 Å². The summed E-state index contributed by atoms with van der Waals surface area (Å²) in [6, 6.07) is 1.96. The zero-order chi connectivity index (χ0) is 12.1. The van der Waals surface area contributed by atoms with E-state index in [0.717, 1.165) is 23.6 Å². The molecule has 1 rings (SSSR count). The molecular weight excluding hydrogens is 202 g/mol. The summed E-state index contributed by atoms with van der Waals surface area (Å²) in [7, 11) is 3.63. The van der Waals surface area contributed by atoms with Gasteiger partial charge in [0.15, 0.2) is 5.82 Å². The van der Waals surface area contributed by atoms with E-state index in [1.165, 1.54) is 0 Å². The van der Waals surface area contributed by atoms with Gasteiger partial charge >= 0.3 is 0 Å². The Bertz CT molecular complexity index is 377. The van der Waals surface area contributed by atoms with Crippen LogP contribution in [0.25, 0.3) is 0 Å². The maximum absolute atomic E-state index is 5.04. The minimum absolute atomic E-state index is 0.440. The summed E-state index contributed by atoms with van der Waals surface area (Å²) < 4.78 is 5.04. The van der Waals surface area contributed by atoms with Gasteiger partial charge in [0, 0.05) is 32.5 Å². The van der Waals surface area contributed by atoms with Crippen LogP contribution in [0, 0.1) is 6.92 Å². The second-order valence-corrected chi connectivity index (χ2v) is 4.03. The smallest absolute Gasteiger partial charge is 0.156 e. The summed E-state index contributed by atoms with van der Waals surface area (Å²) in [4.78, 5) is 10.8. The topological polar surface area (TPSA) is 38.2 Å². The zero-order valence-corrected chi connectivity index (χ0v) is 10.4. The van der Waals surface area contributed by atoms with Gasteiger partial charge in [0.2, 0.25) is 0 Å². The molecule has 0 aromatic carbocycles. The van der Waals surface area contributed by atoms with Gasteiger partial charge in [0.05, 0.1) is 0 Å². The van der Waals surface area contributed by atoms with E-state index in [1.807, 2.05) is 27.0 Å². The zero-order valence-electron chi connectivity index (χ0n) is 10.4. The number of anilines is 1. The van der Waals surface area contributed by atoms with Crippen LogP contribution < -0.4 is 4.90 Å². The summed E-state index contributed by atoms with van der Waals surface area (Å²) >= 11 is 0. The van der Waals surface area contributed by atoms with Gasteiger partial charge in [-0.1, -0.05) is 12.2 Å². The Kier molecular flexibility index (Phi) is 4.43. The van der Waals surface area contributed by atoms with E-state index in [1.54, 1.807) is 7.11 Å². The van der Waals surface area contributed by atoms with Crippen LogP contribution >= 0.6 is 0 Å². The van der Waals surface area contributed by atoms with E-state index in [-0.39, 0.29) is 0 Å². The third-order valence-corrected chi connectivity index (χ3v) is 2.06.